The van der Waals surface area contributed by atoms with Crippen LogP contribution in [0.5, 0.6) is 51.7 Å². The fraction of sp³-hybridized carbons (Fsp3) is 0.464. The molecule has 6 aromatic rings. The number of carbonyl (C=O) groups is 9. The maximum Gasteiger partial charge on any atom is 0.257 e. The van der Waals surface area contributed by atoms with Crippen LogP contribution in [0.25, 0.3) is 11.1 Å². The number of carbonyl (C=O) groups excluding carboxylic acids is 9. The molecule has 7 aliphatic heterocycles. The third-order valence-electron chi connectivity index (χ3n) is 23.9. The van der Waals surface area contributed by atoms with Gasteiger partial charge < -0.3 is 127 Å². The number of methoxy groups -OCH3 is 1. The fourth-order valence-electron chi connectivity index (χ4n) is 17.9. The average Bonchev–Trinajstić information content (AvgIpc) is 0.753. The molecule has 15 bridgehead atoms. The number of likely N-dealkylation sites (N-methyl/N-ethyl adjacent to an activating group) is 1. The van der Waals surface area contributed by atoms with E-state index in [1.807, 2.05) is 13.8 Å². The maximum absolute atomic E-state index is 16.6. The Kier molecular flexibility index (Phi) is 25.5. The summed E-state index contributed by atoms with van der Waals surface area (Å²) in [6.45, 7) is 5.67. The third-order valence-corrected chi connectivity index (χ3v) is 24.5. The summed E-state index contributed by atoms with van der Waals surface area (Å²) < 4.78 is 44.2. The van der Waals surface area contributed by atoms with E-state index < -0.39 is 227 Å². The Bertz CT molecular complexity index is 4990. The standard InChI is InChI=1S/C84H96Cl2N10O25/c1-33(2)17-50(88-5)76(108)95-66-68(102)39-10-15-54(48(85)24-39)117-56-26-43-27-57(72(56)121-83-73(71(105)70(104)58(32-97)119-83)120-60-31-84(4,87)74(106)34(3)116-60)118-55-16-11-40(25-49(55)86)69(103)67-82(114)94-65(80(112)91-62-41-19-35-18-36(21-41)22-42(62)20-35)47-28-44(98)29-53(100)61(47)46-23-38(9-14-52(46)99)63(78(110)96-67)93-79(111)64(43)92-77(109)51(89-81(66)113)30-59(101)90-75(107)37-7-12-45(115-6)13-8-37/h7-16,23-29,33-36,41-42,50-51,58,60,62-71,73-74,83,88,97-100,102-106H,17-22,30-32,87H2,1-6H3,(H,89,113)(H,91,112)(H,92,109)(H,93,111)(H,94,114)(H,95,108)(H,96,110)(H,90,101,107)/t34-,35?,36?,41?,42?,50+,51-,58+,60-,62?,63+,64+,65-,66+,67-,68+,69+,70+,71-,73+,74+,83-,84-/m0/s1. The highest BCUT2D eigenvalue weighted by molar-refractivity contribution is 6.32. The number of imide groups is 1. The number of nitrogens with one attached hydrogen (secondary N) is 9. The van der Waals surface area contributed by atoms with Crippen molar-refractivity contribution in [3.63, 3.8) is 0 Å². The highest BCUT2D eigenvalue weighted by Crippen LogP contribution is 2.55. The predicted molar refractivity (Wildman–Crippen MR) is 427 cm³/mol. The molecule has 4 saturated carbocycles. The number of phenolic OH excluding ortho intramolecular Hbond substituents is 3. The van der Waals surface area contributed by atoms with Crippen molar-refractivity contribution in [3.05, 3.63) is 147 Å². The Morgan fingerprint density at radius 1 is 0.661 bits per heavy atom. The number of hydrogen-bond donors (Lipinski definition) is 19. The van der Waals surface area contributed by atoms with Crippen molar-refractivity contribution < 1.29 is 122 Å². The van der Waals surface area contributed by atoms with E-state index in [2.05, 4.69) is 47.9 Å². The molecule has 0 aromatic heterocycles. The minimum Gasteiger partial charge on any atom is -0.508 e. The first-order chi connectivity index (χ1) is 57.5. The topological polar surface area (TPSA) is 535 Å². The lowest BCUT2D eigenvalue weighted by Gasteiger charge is -2.54. The van der Waals surface area contributed by atoms with Gasteiger partial charge in [-0.05, 0) is 196 Å². The number of aliphatic hydroxyl groups excluding tert-OH is 6. The van der Waals surface area contributed by atoms with Crippen LogP contribution in [0.15, 0.2) is 103 Å². The van der Waals surface area contributed by atoms with Gasteiger partial charge in [-0.25, -0.2) is 0 Å². The number of rotatable bonds is 16. The molecule has 17 rings (SSSR count). The summed E-state index contributed by atoms with van der Waals surface area (Å²) in [6.07, 6.45) is -14.5. The average molecular weight is 1720 g/mol. The Hall–Kier alpha value is -10.5. The molecule has 7 heterocycles. The third kappa shape index (κ3) is 18.2. The van der Waals surface area contributed by atoms with Crippen molar-refractivity contribution in [1.82, 2.24) is 47.9 Å². The molecule has 11 aliphatic rings. The van der Waals surface area contributed by atoms with Crippen LogP contribution in [0.4, 0.5) is 0 Å². The number of aliphatic hydroxyl groups is 6. The van der Waals surface area contributed by atoms with Crippen LogP contribution in [0.1, 0.15) is 148 Å². The number of aromatic hydroxyl groups is 3. The highest BCUT2D eigenvalue weighted by atomic mass is 35.5. The van der Waals surface area contributed by atoms with Gasteiger partial charge in [-0.1, -0.05) is 55.2 Å². The summed E-state index contributed by atoms with van der Waals surface area (Å²) in [7, 11) is 2.85. The van der Waals surface area contributed by atoms with Crippen molar-refractivity contribution in [3.8, 4) is 62.9 Å². The minimum atomic E-state index is -2.42. The molecule has 4 aliphatic carbocycles. The molecule has 2 saturated heterocycles. The molecule has 6 fully saturated rings. The SMILES string of the molecule is CN[C@H](CC(C)C)C(=O)N[C@H]1C(=O)N[C@@H](CC(=O)NC(=O)c2ccc(OC)cc2)C(=O)N[C@H]2C(=O)N[C@H]3C(=O)N[C@H](C(=O)N[C@H](C(=O)NC4C5CC6CC(C5)CC4C6)c4cc(O)cc(O)c4-c4cc3ccc4O)[C@H](O)c3ccc(c(Cl)c3)Oc3cc2cc(c3O[C@@H]2O[C@H](CO)[C@@H](O)[C@H](O)[C@H]2O[C@H]2C[C@](C)(N)[C@H](O)[C@H](C)O2)Oc2ccc(cc2Cl)[C@H]1O. The van der Waals surface area contributed by atoms with Crippen molar-refractivity contribution in [2.45, 2.75) is 194 Å². The summed E-state index contributed by atoms with van der Waals surface area (Å²) in [5.41, 5.74) is 2.81. The van der Waals surface area contributed by atoms with Gasteiger partial charge >= 0.3 is 0 Å². The van der Waals surface area contributed by atoms with Crippen LogP contribution in [-0.4, -0.2) is 205 Å². The van der Waals surface area contributed by atoms with E-state index in [0.717, 1.165) is 86.7 Å². The summed E-state index contributed by atoms with van der Waals surface area (Å²) in [4.78, 5) is 138. The van der Waals surface area contributed by atoms with E-state index in [0.29, 0.717) is 17.6 Å². The van der Waals surface area contributed by atoms with Crippen LogP contribution in [0.3, 0.4) is 0 Å². The van der Waals surface area contributed by atoms with Crippen LogP contribution < -0.4 is 72.5 Å². The second-order valence-electron chi connectivity index (χ2n) is 33.0. The first-order valence-electron chi connectivity index (χ1n) is 39.8. The normalized spacial score (nSPS) is 30.9. The van der Waals surface area contributed by atoms with Crippen LogP contribution >= 0.6 is 23.2 Å². The fourth-order valence-corrected chi connectivity index (χ4v) is 18.3. The van der Waals surface area contributed by atoms with Crippen molar-refractivity contribution in [2.75, 3.05) is 20.8 Å². The number of phenols is 3. The van der Waals surface area contributed by atoms with E-state index in [1.165, 1.54) is 76.5 Å². The second-order valence-corrected chi connectivity index (χ2v) is 33.8. The Labute approximate surface area is 702 Å². The number of nitrogens with two attached hydrogens (primary N) is 1. The lowest BCUT2D eigenvalue weighted by Crippen LogP contribution is -2.64. The molecule has 0 unspecified atom stereocenters. The highest BCUT2D eigenvalue weighted by Gasteiger charge is 2.53. The van der Waals surface area contributed by atoms with Gasteiger partial charge in [-0.2, -0.15) is 0 Å². The molecule has 37 heteroatoms. The molecule has 646 valence electrons. The summed E-state index contributed by atoms with van der Waals surface area (Å²) in [5.74, 6) is -14.4. The quantitative estimate of drug-likeness (QED) is 0.0660. The molecule has 121 heavy (non-hydrogen) atoms. The van der Waals surface area contributed by atoms with Crippen molar-refractivity contribution >= 4 is 76.4 Å². The summed E-state index contributed by atoms with van der Waals surface area (Å²) >= 11 is 14.5. The first-order valence-corrected chi connectivity index (χ1v) is 40.5. The zero-order valence-electron chi connectivity index (χ0n) is 66.3. The van der Waals surface area contributed by atoms with Crippen molar-refractivity contribution in [1.29, 1.82) is 0 Å². The molecule has 9 amide bonds. The van der Waals surface area contributed by atoms with Gasteiger partial charge in [0.15, 0.2) is 23.9 Å². The van der Waals surface area contributed by atoms with E-state index in [4.69, 9.17) is 62.1 Å². The van der Waals surface area contributed by atoms with Crippen molar-refractivity contribution in [2.24, 2.45) is 35.3 Å². The molecule has 18 atom stereocenters. The lowest BCUT2D eigenvalue weighted by atomic mass is 9.54. The van der Waals surface area contributed by atoms with Gasteiger partial charge in [0.2, 0.25) is 59.3 Å². The van der Waals surface area contributed by atoms with Crippen LogP contribution in [0.2, 0.25) is 10.0 Å². The Balaban J connectivity index is 0.971. The van der Waals surface area contributed by atoms with E-state index in [1.54, 1.807) is 0 Å². The van der Waals surface area contributed by atoms with Crippen LogP contribution in [-0.2, 0) is 52.6 Å². The van der Waals surface area contributed by atoms with Gasteiger partial charge in [0.05, 0.1) is 48.4 Å². The lowest BCUT2D eigenvalue weighted by molar-refractivity contribution is -0.333. The number of halogens is 2. The smallest absolute Gasteiger partial charge is 0.257 e. The van der Waals surface area contributed by atoms with E-state index >= 15 is 28.8 Å². The second kappa shape index (κ2) is 35.5. The number of ether oxygens (including phenoxy) is 7. The predicted octanol–water partition coefficient (Wildman–Crippen LogP) is 3.44. The summed E-state index contributed by atoms with van der Waals surface area (Å²) in [5, 5.41) is 130. The van der Waals surface area contributed by atoms with E-state index in [9.17, 15) is 60.3 Å². The Morgan fingerprint density at radius 2 is 1.27 bits per heavy atom. The van der Waals surface area contributed by atoms with E-state index in [-0.39, 0.29) is 86.1 Å². The van der Waals surface area contributed by atoms with Gasteiger partial charge in [0, 0.05) is 40.8 Å². The van der Waals surface area contributed by atoms with Crippen LogP contribution in [0, 0.1) is 29.6 Å². The molecule has 6 aromatic carbocycles. The van der Waals surface area contributed by atoms with Gasteiger partial charge in [-0.3, -0.25) is 48.5 Å². The van der Waals surface area contributed by atoms with Gasteiger partial charge in [0.25, 0.3) is 5.91 Å². The largest absolute Gasteiger partial charge is 0.508 e. The number of amides is 9. The molecular formula is C84H96Cl2N10O25. The molecular weight excluding hydrogens is 1620 g/mol. The number of hydrogen-bond acceptors (Lipinski definition) is 27. The zero-order chi connectivity index (χ0) is 86.6. The summed E-state index contributed by atoms with van der Waals surface area (Å²) in [6, 6.07) is 5.29. The number of benzene rings is 6. The molecule has 0 radical (unpaired) electrons. The zero-order valence-corrected chi connectivity index (χ0v) is 67.9. The number of fused-ring (bicyclic) bond motifs is 15. The molecule has 0 spiro atoms. The minimum absolute atomic E-state index is 0.0556. The maximum atomic E-state index is 16.6. The molecule has 35 nitrogen and oxygen atoms in total. The molecule has 20 N–H and O–H groups in total. The van der Waals surface area contributed by atoms with Gasteiger partial charge in [-0.15, -0.1) is 0 Å². The first kappa shape index (κ1) is 86.9. The monoisotopic (exact) mass is 1710 g/mol. The van der Waals surface area contributed by atoms with Gasteiger partial charge in [0.1, 0.15) is 101 Å². The Morgan fingerprint density at radius 3 is 1.88 bits per heavy atom.